The van der Waals surface area contributed by atoms with Gasteiger partial charge in [-0.15, -0.1) is 0 Å². The molecule has 0 radical (unpaired) electrons. The minimum Gasteiger partial charge on any atom is -0.336 e. The van der Waals surface area contributed by atoms with E-state index in [-0.39, 0.29) is 29.2 Å². The van der Waals surface area contributed by atoms with Crippen LogP contribution in [0.15, 0.2) is 54.6 Å². The summed E-state index contributed by atoms with van der Waals surface area (Å²) in [6.07, 6.45) is 0.671. The summed E-state index contributed by atoms with van der Waals surface area (Å²) in [6, 6.07) is 16.0. The molecule has 0 unspecified atom stereocenters. The number of benzene rings is 2. The van der Waals surface area contributed by atoms with Crippen LogP contribution in [0.5, 0.6) is 0 Å². The first kappa shape index (κ1) is 19.8. The Labute approximate surface area is 171 Å². The van der Waals surface area contributed by atoms with E-state index >= 15 is 0 Å². The fourth-order valence-corrected chi connectivity index (χ4v) is 5.90. The zero-order valence-corrected chi connectivity index (χ0v) is 17.0. The molecule has 2 aliphatic heterocycles. The summed E-state index contributed by atoms with van der Waals surface area (Å²) in [4.78, 5) is 30.0. The Kier molecular flexibility index (Phi) is 5.52. The van der Waals surface area contributed by atoms with Crippen molar-refractivity contribution in [3.05, 3.63) is 71.3 Å². The molecule has 2 saturated heterocycles. The molecular formula is C22H24N2O4S. The number of carbonyl (C=O) groups is 2. The van der Waals surface area contributed by atoms with E-state index in [0.717, 1.165) is 0 Å². The van der Waals surface area contributed by atoms with E-state index in [0.29, 0.717) is 49.3 Å². The maximum absolute atomic E-state index is 13.1. The minimum atomic E-state index is -2.92. The van der Waals surface area contributed by atoms with Crippen LogP contribution in [-0.2, 0) is 9.84 Å². The average Bonchev–Trinajstić information content (AvgIpc) is 3.13. The lowest BCUT2D eigenvalue weighted by Gasteiger charge is -2.37. The lowest BCUT2D eigenvalue weighted by Crippen LogP contribution is -2.52. The summed E-state index contributed by atoms with van der Waals surface area (Å²) in [5.74, 6) is 0.161. The van der Waals surface area contributed by atoms with Gasteiger partial charge in [-0.2, -0.15) is 0 Å². The molecule has 7 heteroatoms. The second kappa shape index (κ2) is 8.08. The molecular weight excluding hydrogens is 388 g/mol. The second-order valence-corrected chi connectivity index (χ2v) is 9.85. The molecule has 29 heavy (non-hydrogen) atoms. The van der Waals surface area contributed by atoms with E-state index < -0.39 is 9.84 Å². The Balaban J connectivity index is 1.47. The molecule has 152 valence electrons. The number of hydrogen-bond acceptors (Lipinski definition) is 5. The Morgan fingerprint density at radius 2 is 1.45 bits per heavy atom. The summed E-state index contributed by atoms with van der Waals surface area (Å²) < 4.78 is 23.5. The molecule has 0 N–H and O–H groups in total. The number of piperazine rings is 1. The largest absolute Gasteiger partial charge is 0.336 e. The van der Waals surface area contributed by atoms with E-state index in [1.54, 1.807) is 53.4 Å². The number of carbonyl (C=O) groups excluding carboxylic acids is 2. The van der Waals surface area contributed by atoms with Crippen molar-refractivity contribution in [2.75, 3.05) is 37.7 Å². The van der Waals surface area contributed by atoms with Crippen molar-refractivity contribution in [1.29, 1.82) is 0 Å². The van der Waals surface area contributed by atoms with E-state index in [1.807, 2.05) is 6.07 Å². The third-order valence-corrected chi connectivity index (χ3v) is 7.51. The quantitative estimate of drug-likeness (QED) is 0.717. The highest BCUT2D eigenvalue weighted by Crippen LogP contribution is 2.21. The molecule has 0 aromatic heterocycles. The van der Waals surface area contributed by atoms with Crippen LogP contribution in [0.2, 0.25) is 0 Å². The fraction of sp³-hybridized carbons (Fsp3) is 0.364. The molecule has 2 aromatic carbocycles. The Hall–Kier alpha value is -2.51. The van der Waals surface area contributed by atoms with Crippen LogP contribution in [0.3, 0.4) is 0 Å². The lowest BCUT2D eigenvalue weighted by molar-refractivity contribution is 0.0585. The molecule has 0 aliphatic carbocycles. The van der Waals surface area contributed by atoms with Gasteiger partial charge in [0.15, 0.2) is 15.6 Å². The van der Waals surface area contributed by atoms with Gasteiger partial charge in [-0.3, -0.25) is 14.5 Å². The third-order valence-electron chi connectivity index (χ3n) is 5.76. The first-order chi connectivity index (χ1) is 13.9. The first-order valence-corrected chi connectivity index (χ1v) is 11.7. The maximum Gasteiger partial charge on any atom is 0.254 e. The van der Waals surface area contributed by atoms with Crippen molar-refractivity contribution in [1.82, 2.24) is 9.80 Å². The molecule has 0 bridgehead atoms. The van der Waals surface area contributed by atoms with Gasteiger partial charge in [-0.25, -0.2) is 8.42 Å². The smallest absolute Gasteiger partial charge is 0.254 e. The van der Waals surface area contributed by atoms with E-state index in [9.17, 15) is 18.0 Å². The average molecular weight is 413 g/mol. The second-order valence-electron chi connectivity index (χ2n) is 7.63. The van der Waals surface area contributed by atoms with Gasteiger partial charge in [-0.1, -0.05) is 48.5 Å². The number of nitrogens with zero attached hydrogens (tertiary/aromatic N) is 2. The molecule has 2 fully saturated rings. The number of sulfone groups is 1. The monoisotopic (exact) mass is 412 g/mol. The highest BCUT2D eigenvalue weighted by Gasteiger charge is 2.34. The van der Waals surface area contributed by atoms with Crippen molar-refractivity contribution in [3.63, 3.8) is 0 Å². The molecule has 1 amide bonds. The third kappa shape index (κ3) is 4.26. The summed E-state index contributed by atoms with van der Waals surface area (Å²) >= 11 is 0. The lowest BCUT2D eigenvalue weighted by atomic mass is 9.97. The zero-order chi connectivity index (χ0) is 20.4. The van der Waals surface area contributed by atoms with Gasteiger partial charge >= 0.3 is 0 Å². The van der Waals surface area contributed by atoms with Crippen LogP contribution in [0.4, 0.5) is 0 Å². The van der Waals surface area contributed by atoms with Crippen molar-refractivity contribution in [3.8, 4) is 0 Å². The van der Waals surface area contributed by atoms with Gasteiger partial charge in [-0.05, 0) is 12.5 Å². The SMILES string of the molecule is O=C(c1ccccc1)c1ccccc1C(=O)N1CCN([C@H]2CCS(=O)(=O)C2)CC1. The van der Waals surface area contributed by atoms with Gasteiger partial charge in [0, 0.05) is 43.3 Å². The Bertz CT molecular complexity index is 1010. The Morgan fingerprint density at radius 1 is 0.828 bits per heavy atom. The molecule has 6 nitrogen and oxygen atoms in total. The van der Waals surface area contributed by atoms with Crippen molar-refractivity contribution in [2.45, 2.75) is 12.5 Å². The van der Waals surface area contributed by atoms with Gasteiger partial charge < -0.3 is 4.90 Å². The predicted octanol–water partition coefficient (Wildman–Crippen LogP) is 1.86. The van der Waals surface area contributed by atoms with Crippen LogP contribution < -0.4 is 0 Å². The van der Waals surface area contributed by atoms with Gasteiger partial charge in [0.25, 0.3) is 5.91 Å². The van der Waals surface area contributed by atoms with Crippen LogP contribution in [0, 0.1) is 0 Å². The van der Waals surface area contributed by atoms with E-state index in [1.165, 1.54) is 0 Å². The van der Waals surface area contributed by atoms with E-state index in [2.05, 4.69) is 4.90 Å². The van der Waals surface area contributed by atoms with Crippen LogP contribution in [0.1, 0.15) is 32.7 Å². The normalized spacial score (nSPS) is 21.8. The Morgan fingerprint density at radius 3 is 2.07 bits per heavy atom. The highest BCUT2D eigenvalue weighted by atomic mass is 32.2. The zero-order valence-electron chi connectivity index (χ0n) is 16.2. The van der Waals surface area contributed by atoms with Gasteiger partial charge in [0.05, 0.1) is 17.1 Å². The summed E-state index contributed by atoms with van der Waals surface area (Å²) in [5, 5.41) is 0. The van der Waals surface area contributed by atoms with Gasteiger partial charge in [0.2, 0.25) is 0 Å². The molecule has 0 spiro atoms. The molecule has 2 aliphatic rings. The fourth-order valence-electron chi connectivity index (χ4n) is 4.14. The van der Waals surface area contributed by atoms with Crippen molar-refractivity contribution in [2.24, 2.45) is 0 Å². The molecule has 2 heterocycles. The molecule has 2 aromatic rings. The summed E-state index contributed by atoms with van der Waals surface area (Å²) in [5.41, 5.74) is 1.38. The number of rotatable bonds is 4. The van der Waals surface area contributed by atoms with Crippen LogP contribution in [-0.4, -0.2) is 73.6 Å². The first-order valence-electron chi connectivity index (χ1n) is 9.87. The van der Waals surface area contributed by atoms with Crippen molar-refractivity contribution >= 4 is 21.5 Å². The minimum absolute atomic E-state index is 0.0594. The predicted molar refractivity (Wildman–Crippen MR) is 111 cm³/mol. The standard InChI is InChI=1S/C22H24N2O4S/c25-21(17-6-2-1-3-7-17)19-8-4-5-9-20(19)22(26)24-13-11-23(12-14-24)18-10-15-29(27,28)16-18/h1-9,18H,10-16H2/t18-/m0/s1. The molecule has 1 atom stereocenters. The molecule has 0 saturated carbocycles. The van der Waals surface area contributed by atoms with E-state index in [4.69, 9.17) is 0 Å². The maximum atomic E-state index is 13.1. The van der Waals surface area contributed by atoms with Gasteiger partial charge in [0.1, 0.15) is 0 Å². The van der Waals surface area contributed by atoms with Crippen LogP contribution >= 0.6 is 0 Å². The van der Waals surface area contributed by atoms with Crippen LogP contribution in [0.25, 0.3) is 0 Å². The number of amides is 1. The summed E-state index contributed by atoms with van der Waals surface area (Å²) in [6.45, 7) is 2.37. The summed E-state index contributed by atoms with van der Waals surface area (Å²) in [7, 11) is -2.92. The van der Waals surface area contributed by atoms with Crippen molar-refractivity contribution < 1.29 is 18.0 Å². The topological polar surface area (TPSA) is 74.8 Å². The number of ketones is 1. The molecule has 4 rings (SSSR count). The number of hydrogen-bond donors (Lipinski definition) is 0. The highest BCUT2D eigenvalue weighted by molar-refractivity contribution is 7.91.